The molecule has 2 saturated heterocycles. The standard InChI is InChI=1S/C27H39N3/c1-18(2)11-12-19-9-7-10-20-21-15-27(28-6)17-30-14-8-13-26(30,5)16-22(27)25(3,4)24(21)29-23(19)20/h7,9-11,22,28-29H,8,12-17H2,1-6H3. The number of allylic oxidation sites excluding steroid dienone is 2. The quantitative estimate of drug-likeness (QED) is 0.675. The van der Waals surface area contributed by atoms with Gasteiger partial charge in [-0.2, -0.15) is 0 Å². The zero-order valence-corrected chi connectivity index (χ0v) is 19.8. The van der Waals surface area contributed by atoms with Gasteiger partial charge in [0.25, 0.3) is 0 Å². The van der Waals surface area contributed by atoms with Crippen molar-refractivity contribution in [2.45, 2.75) is 83.2 Å². The zero-order valence-electron chi connectivity index (χ0n) is 19.8. The summed E-state index contributed by atoms with van der Waals surface area (Å²) in [6.45, 7) is 14.3. The summed E-state index contributed by atoms with van der Waals surface area (Å²) in [5.41, 5.74) is 7.89. The van der Waals surface area contributed by atoms with Crippen molar-refractivity contribution in [3.05, 3.63) is 46.7 Å². The molecular weight excluding hydrogens is 366 g/mol. The van der Waals surface area contributed by atoms with Crippen LogP contribution >= 0.6 is 0 Å². The van der Waals surface area contributed by atoms with Crippen molar-refractivity contribution >= 4 is 10.9 Å². The van der Waals surface area contributed by atoms with Crippen molar-refractivity contribution in [3.63, 3.8) is 0 Å². The Balaban J connectivity index is 1.66. The lowest BCUT2D eigenvalue weighted by molar-refractivity contribution is -0.0380. The number of nitrogens with one attached hydrogen (secondary N) is 2. The van der Waals surface area contributed by atoms with E-state index in [0.717, 1.165) is 12.8 Å². The monoisotopic (exact) mass is 405 g/mol. The fourth-order valence-corrected chi connectivity index (χ4v) is 7.17. The number of hydrogen-bond acceptors (Lipinski definition) is 2. The molecule has 3 nitrogen and oxygen atoms in total. The Kier molecular flexibility index (Phi) is 4.55. The average molecular weight is 406 g/mol. The third-order valence-corrected chi connectivity index (χ3v) is 8.95. The predicted octanol–water partition coefficient (Wildman–Crippen LogP) is 5.34. The Bertz CT molecular complexity index is 1010. The van der Waals surface area contributed by atoms with Crippen molar-refractivity contribution < 1.29 is 0 Å². The number of para-hydroxylation sites is 1. The molecule has 30 heavy (non-hydrogen) atoms. The third kappa shape index (κ3) is 2.78. The summed E-state index contributed by atoms with van der Waals surface area (Å²) in [5, 5.41) is 5.33. The highest BCUT2D eigenvalue weighted by molar-refractivity contribution is 5.88. The summed E-state index contributed by atoms with van der Waals surface area (Å²) in [7, 11) is 2.21. The maximum atomic E-state index is 3.97. The number of aromatic nitrogens is 1. The first-order valence-corrected chi connectivity index (χ1v) is 11.9. The van der Waals surface area contributed by atoms with Crippen LogP contribution in [0.15, 0.2) is 29.8 Å². The molecule has 3 heterocycles. The lowest BCUT2D eigenvalue weighted by Gasteiger charge is -2.61. The minimum atomic E-state index is 0.126. The Morgan fingerprint density at radius 2 is 2.07 bits per heavy atom. The van der Waals surface area contributed by atoms with E-state index in [2.05, 4.69) is 81.1 Å². The van der Waals surface area contributed by atoms with Crippen LogP contribution in [0.2, 0.25) is 0 Å². The highest BCUT2D eigenvalue weighted by Gasteiger charge is 2.59. The van der Waals surface area contributed by atoms with Gasteiger partial charge in [-0.15, -0.1) is 0 Å². The van der Waals surface area contributed by atoms with E-state index in [4.69, 9.17) is 0 Å². The molecule has 5 rings (SSSR count). The molecule has 3 atom stereocenters. The van der Waals surface area contributed by atoms with Gasteiger partial charge in [-0.1, -0.05) is 43.7 Å². The van der Waals surface area contributed by atoms with Crippen LogP contribution in [0.3, 0.4) is 0 Å². The van der Waals surface area contributed by atoms with Gasteiger partial charge < -0.3 is 10.3 Å². The van der Waals surface area contributed by atoms with Crippen LogP contribution in [0, 0.1) is 5.92 Å². The van der Waals surface area contributed by atoms with E-state index < -0.39 is 0 Å². The molecule has 3 unspecified atom stereocenters. The number of likely N-dealkylation sites (N-methyl/N-ethyl adjacent to an activating group) is 1. The molecule has 1 aromatic heterocycles. The van der Waals surface area contributed by atoms with Crippen LogP contribution in [-0.4, -0.2) is 41.1 Å². The molecule has 162 valence electrons. The van der Waals surface area contributed by atoms with Gasteiger partial charge in [0, 0.05) is 39.6 Å². The average Bonchev–Trinajstić information content (AvgIpc) is 3.26. The van der Waals surface area contributed by atoms with Gasteiger partial charge in [0.2, 0.25) is 0 Å². The topological polar surface area (TPSA) is 31.1 Å². The van der Waals surface area contributed by atoms with Crippen LogP contribution in [0.1, 0.15) is 70.7 Å². The van der Waals surface area contributed by atoms with Crippen LogP contribution in [0.5, 0.6) is 0 Å². The molecule has 2 aromatic rings. The number of aromatic amines is 1. The molecule has 0 saturated carbocycles. The normalized spacial score (nSPS) is 32.5. The van der Waals surface area contributed by atoms with E-state index in [1.54, 1.807) is 5.56 Å². The molecule has 3 aliphatic rings. The van der Waals surface area contributed by atoms with E-state index in [9.17, 15) is 0 Å². The second-order valence-corrected chi connectivity index (χ2v) is 11.4. The van der Waals surface area contributed by atoms with Crippen LogP contribution < -0.4 is 5.32 Å². The molecule has 1 aromatic carbocycles. The van der Waals surface area contributed by atoms with Crippen molar-refractivity contribution in [3.8, 4) is 0 Å². The molecule has 2 fully saturated rings. The lowest BCUT2D eigenvalue weighted by Crippen LogP contribution is -2.71. The SMILES string of the molecule is CNC12Cc3c([nH]c4c(CC=C(C)C)cccc34)C(C)(C)C1CC1(C)CCCN1C2. The highest BCUT2D eigenvalue weighted by Crippen LogP contribution is 2.55. The molecule has 0 amide bonds. The molecule has 2 aliphatic heterocycles. The fraction of sp³-hybridized carbons (Fsp3) is 0.630. The number of fused-ring (bicyclic) bond motifs is 5. The molecule has 0 radical (unpaired) electrons. The highest BCUT2D eigenvalue weighted by atomic mass is 15.3. The number of piperidine rings is 1. The third-order valence-electron chi connectivity index (χ3n) is 8.95. The fourth-order valence-electron chi connectivity index (χ4n) is 7.17. The van der Waals surface area contributed by atoms with E-state index >= 15 is 0 Å². The van der Waals surface area contributed by atoms with Crippen LogP contribution in [0.25, 0.3) is 10.9 Å². The Labute approximate surface area is 182 Å². The summed E-state index contributed by atoms with van der Waals surface area (Å²) in [5.74, 6) is 0.635. The molecule has 0 bridgehead atoms. The first kappa shape index (κ1) is 20.3. The van der Waals surface area contributed by atoms with Crippen molar-refractivity contribution in [1.82, 2.24) is 15.2 Å². The number of H-pyrrole nitrogens is 1. The maximum absolute atomic E-state index is 3.97. The van der Waals surface area contributed by atoms with Crippen LogP contribution in [0.4, 0.5) is 0 Å². The van der Waals surface area contributed by atoms with Gasteiger partial charge in [-0.05, 0) is 83.5 Å². The van der Waals surface area contributed by atoms with Crippen LogP contribution in [-0.2, 0) is 18.3 Å². The van der Waals surface area contributed by atoms with Gasteiger partial charge in [-0.25, -0.2) is 0 Å². The minimum Gasteiger partial charge on any atom is -0.357 e. The predicted molar refractivity (Wildman–Crippen MR) is 127 cm³/mol. The number of nitrogens with zero attached hydrogens (tertiary/aromatic N) is 1. The Morgan fingerprint density at radius 3 is 2.80 bits per heavy atom. The summed E-state index contributed by atoms with van der Waals surface area (Å²) >= 11 is 0. The van der Waals surface area contributed by atoms with Gasteiger partial charge in [0.15, 0.2) is 0 Å². The molecule has 2 N–H and O–H groups in total. The van der Waals surface area contributed by atoms with Crippen molar-refractivity contribution in [1.29, 1.82) is 0 Å². The second-order valence-electron chi connectivity index (χ2n) is 11.4. The van der Waals surface area contributed by atoms with Gasteiger partial charge in [0.05, 0.1) is 0 Å². The number of rotatable bonds is 3. The molecule has 1 aliphatic carbocycles. The van der Waals surface area contributed by atoms with Gasteiger partial charge >= 0.3 is 0 Å². The first-order valence-electron chi connectivity index (χ1n) is 11.9. The van der Waals surface area contributed by atoms with E-state index in [1.807, 2.05) is 0 Å². The second kappa shape index (κ2) is 6.71. The summed E-state index contributed by atoms with van der Waals surface area (Å²) in [4.78, 5) is 6.78. The van der Waals surface area contributed by atoms with Gasteiger partial charge in [-0.3, -0.25) is 4.90 Å². The lowest BCUT2D eigenvalue weighted by atomic mass is 9.54. The van der Waals surface area contributed by atoms with E-state index in [-0.39, 0.29) is 11.0 Å². The summed E-state index contributed by atoms with van der Waals surface area (Å²) in [6.07, 6.45) is 8.49. The first-order chi connectivity index (χ1) is 14.2. The Morgan fingerprint density at radius 1 is 1.27 bits per heavy atom. The Hall–Kier alpha value is -1.58. The van der Waals surface area contributed by atoms with E-state index in [1.165, 1.54) is 60.1 Å². The van der Waals surface area contributed by atoms with E-state index in [0.29, 0.717) is 11.5 Å². The van der Waals surface area contributed by atoms with Crippen molar-refractivity contribution in [2.24, 2.45) is 5.92 Å². The molecule has 3 heteroatoms. The maximum Gasteiger partial charge on any atom is 0.0494 e. The zero-order chi connectivity index (χ0) is 21.3. The largest absolute Gasteiger partial charge is 0.357 e. The minimum absolute atomic E-state index is 0.126. The summed E-state index contributed by atoms with van der Waals surface area (Å²) in [6, 6.07) is 6.90. The van der Waals surface area contributed by atoms with Crippen molar-refractivity contribution in [2.75, 3.05) is 20.1 Å². The summed E-state index contributed by atoms with van der Waals surface area (Å²) < 4.78 is 0. The molecule has 0 spiro atoms. The number of benzene rings is 1. The van der Waals surface area contributed by atoms with Gasteiger partial charge in [0.1, 0.15) is 0 Å². The molecular formula is C27H39N3. The number of hydrogen-bond donors (Lipinski definition) is 2. The smallest absolute Gasteiger partial charge is 0.0494 e.